The maximum absolute atomic E-state index is 11.9. The Kier molecular flexibility index (Phi) is 4.33. The molecule has 0 aliphatic carbocycles. The molecule has 0 saturated heterocycles. The molecule has 1 aromatic carbocycles. The second kappa shape index (κ2) is 6.74. The highest BCUT2D eigenvalue weighted by molar-refractivity contribution is 5.91. The van der Waals surface area contributed by atoms with Crippen molar-refractivity contribution in [2.45, 2.75) is 6.92 Å². The number of aromatic nitrogens is 3. The third kappa shape index (κ3) is 3.74. The van der Waals surface area contributed by atoms with Crippen LogP contribution in [0.25, 0.3) is 5.69 Å². The van der Waals surface area contributed by atoms with Gasteiger partial charge in [-0.2, -0.15) is 0 Å². The van der Waals surface area contributed by atoms with Crippen LogP contribution >= 0.6 is 0 Å². The Morgan fingerprint density at radius 3 is 2.78 bits per heavy atom. The van der Waals surface area contributed by atoms with E-state index in [2.05, 4.69) is 15.4 Å². The quantitative estimate of drug-likeness (QED) is 0.786. The van der Waals surface area contributed by atoms with Gasteiger partial charge >= 0.3 is 0 Å². The van der Waals surface area contributed by atoms with Crippen LogP contribution in [0.2, 0.25) is 0 Å². The first-order chi connectivity index (χ1) is 11.2. The van der Waals surface area contributed by atoms with E-state index in [1.165, 1.54) is 0 Å². The number of nitrogens with one attached hydrogen (secondary N) is 1. The molecule has 1 N–H and O–H groups in total. The zero-order valence-corrected chi connectivity index (χ0v) is 12.6. The first kappa shape index (κ1) is 14.8. The van der Waals surface area contributed by atoms with E-state index in [0.717, 1.165) is 11.3 Å². The Morgan fingerprint density at radius 1 is 1.22 bits per heavy atom. The lowest BCUT2D eigenvalue weighted by molar-refractivity contribution is -0.118. The minimum absolute atomic E-state index is 0.110. The average Bonchev–Trinajstić information content (AvgIpc) is 2.96. The van der Waals surface area contributed by atoms with Crippen molar-refractivity contribution in [3.05, 3.63) is 66.6 Å². The van der Waals surface area contributed by atoms with E-state index in [4.69, 9.17) is 4.74 Å². The molecule has 0 aliphatic heterocycles. The second-order valence-corrected chi connectivity index (χ2v) is 4.98. The fraction of sp³-hybridized carbons (Fsp3) is 0.118. The van der Waals surface area contributed by atoms with Crippen molar-refractivity contribution in [3.8, 4) is 11.6 Å². The molecule has 0 saturated carbocycles. The molecule has 23 heavy (non-hydrogen) atoms. The SMILES string of the molecule is Cc1cn(-c2ccccc2)nc1OCC(=O)Nc1cccnc1. The summed E-state index contributed by atoms with van der Waals surface area (Å²) >= 11 is 0. The second-order valence-electron chi connectivity index (χ2n) is 4.98. The molecule has 0 atom stereocenters. The number of carbonyl (C=O) groups excluding carboxylic acids is 1. The third-order valence-electron chi connectivity index (χ3n) is 3.16. The summed E-state index contributed by atoms with van der Waals surface area (Å²) in [6.07, 6.45) is 5.09. The topological polar surface area (TPSA) is 69.0 Å². The molecule has 3 rings (SSSR count). The lowest BCUT2D eigenvalue weighted by Crippen LogP contribution is -2.20. The summed E-state index contributed by atoms with van der Waals surface area (Å²) in [6.45, 7) is 1.78. The fourth-order valence-corrected chi connectivity index (χ4v) is 2.07. The molecule has 116 valence electrons. The van der Waals surface area contributed by atoms with Crippen molar-refractivity contribution >= 4 is 11.6 Å². The third-order valence-corrected chi connectivity index (χ3v) is 3.16. The van der Waals surface area contributed by atoms with Crippen LogP contribution < -0.4 is 10.1 Å². The summed E-state index contributed by atoms with van der Waals surface area (Å²) in [5.41, 5.74) is 2.43. The molecule has 0 radical (unpaired) electrons. The van der Waals surface area contributed by atoms with Gasteiger partial charge in [-0.3, -0.25) is 9.78 Å². The highest BCUT2D eigenvalue weighted by Gasteiger charge is 2.10. The number of nitrogens with zero attached hydrogens (tertiary/aromatic N) is 3. The van der Waals surface area contributed by atoms with E-state index < -0.39 is 0 Å². The fourth-order valence-electron chi connectivity index (χ4n) is 2.07. The molecular formula is C17H16N4O2. The number of ether oxygens (including phenoxy) is 1. The molecular weight excluding hydrogens is 292 g/mol. The summed E-state index contributed by atoms with van der Waals surface area (Å²) in [6, 6.07) is 13.2. The van der Waals surface area contributed by atoms with E-state index in [-0.39, 0.29) is 12.5 Å². The molecule has 1 amide bonds. The van der Waals surface area contributed by atoms with Crippen LogP contribution in [0.1, 0.15) is 5.56 Å². The number of aryl methyl sites for hydroxylation is 1. The molecule has 0 bridgehead atoms. The predicted molar refractivity (Wildman–Crippen MR) is 86.7 cm³/mol. The normalized spacial score (nSPS) is 10.3. The smallest absolute Gasteiger partial charge is 0.262 e. The Balaban J connectivity index is 1.62. The van der Waals surface area contributed by atoms with Gasteiger partial charge in [0.2, 0.25) is 5.88 Å². The lowest BCUT2D eigenvalue weighted by Gasteiger charge is -2.05. The van der Waals surface area contributed by atoms with Crippen molar-refractivity contribution in [3.63, 3.8) is 0 Å². The van der Waals surface area contributed by atoms with Crippen molar-refractivity contribution < 1.29 is 9.53 Å². The number of anilines is 1. The highest BCUT2D eigenvalue weighted by atomic mass is 16.5. The molecule has 3 aromatic rings. The van der Waals surface area contributed by atoms with Crippen LogP contribution in [-0.2, 0) is 4.79 Å². The number of rotatable bonds is 5. The van der Waals surface area contributed by atoms with Gasteiger partial charge in [0.15, 0.2) is 6.61 Å². The van der Waals surface area contributed by atoms with Gasteiger partial charge in [-0.05, 0) is 31.2 Å². The molecule has 2 aromatic heterocycles. The minimum Gasteiger partial charge on any atom is -0.466 e. The summed E-state index contributed by atoms with van der Waals surface area (Å²) in [5, 5.41) is 7.07. The molecule has 0 unspecified atom stereocenters. The van der Waals surface area contributed by atoms with Crippen LogP contribution in [0.15, 0.2) is 61.1 Å². The number of para-hydroxylation sites is 1. The Morgan fingerprint density at radius 2 is 2.04 bits per heavy atom. The van der Waals surface area contributed by atoms with Gasteiger partial charge in [-0.25, -0.2) is 4.68 Å². The van der Waals surface area contributed by atoms with Crippen LogP contribution in [0.5, 0.6) is 5.88 Å². The molecule has 6 heteroatoms. The van der Waals surface area contributed by atoms with Crippen molar-refractivity contribution in [2.75, 3.05) is 11.9 Å². The largest absolute Gasteiger partial charge is 0.466 e. The summed E-state index contributed by atoms with van der Waals surface area (Å²) < 4.78 is 7.23. The molecule has 0 fully saturated rings. The maximum atomic E-state index is 11.9. The number of hydrogen-bond donors (Lipinski definition) is 1. The van der Waals surface area contributed by atoms with E-state index in [9.17, 15) is 4.79 Å². The number of carbonyl (C=O) groups is 1. The lowest BCUT2D eigenvalue weighted by atomic mass is 10.3. The van der Waals surface area contributed by atoms with Crippen LogP contribution in [0.3, 0.4) is 0 Å². The highest BCUT2D eigenvalue weighted by Crippen LogP contribution is 2.17. The van der Waals surface area contributed by atoms with Gasteiger partial charge in [0.1, 0.15) is 0 Å². The Bertz CT molecular complexity index is 785. The summed E-state index contributed by atoms with van der Waals surface area (Å²) in [5.74, 6) is 0.182. The summed E-state index contributed by atoms with van der Waals surface area (Å²) in [7, 11) is 0. The summed E-state index contributed by atoms with van der Waals surface area (Å²) in [4.78, 5) is 15.8. The predicted octanol–water partition coefficient (Wildman–Crippen LogP) is 2.59. The standard InChI is InChI=1S/C17H16N4O2/c1-13-11-21(15-7-3-2-4-8-15)20-17(13)23-12-16(22)19-14-6-5-9-18-10-14/h2-11H,12H2,1H3,(H,19,22). The van der Waals surface area contributed by atoms with Crippen molar-refractivity contribution in [1.82, 2.24) is 14.8 Å². The van der Waals surface area contributed by atoms with E-state index in [0.29, 0.717) is 11.6 Å². The van der Waals surface area contributed by atoms with E-state index in [1.54, 1.807) is 29.2 Å². The Labute approximate surface area is 133 Å². The molecule has 2 heterocycles. The monoisotopic (exact) mass is 308 g/mol. The van der Waals surface area contributed by atoms with E-state index >= 15 is 0 Å². The molecule has 6 nitrogen and oxygen atoms in total. The minimum atomic E-state index is -0.258. The van der Waals surface area contributed by atoms with Crippen LogP contribution in [0, 0.1) is 6.92 Å². The van der Waals surface area contributed by atoms with Crippen LogP contribution in [0.4, 0.5) is 5.69 Å². The van der Waals surface area contributed by atoms with Crippen LogP contribution in [-0.4, -0.2) is 27.3 Å². The van der Waals surface area contributed by atoms with Crippen molar-refractivity contribution in [2.24, 2.45) is 0 Å². The number of benzene rings is 1. The van der Waals surface area contributed by atoms with Gasteiger partial charge in [0.25, 0.3) is 5.91 Å². The van der Waals surface area contributed by atoms with Gasteiger partial charge < -0.3 is 10.1 Å². The zero-order valence-electron chi connectivity index (χ0n) is 12.6. The number of pyridine rings is 1. The van der Waals surface area contributed by atoms with Crippen molar-refractivity contribution in [1.29, 1.82) is 0 Å². The first-order valence-corrected chi connectivity index (χ1v) is 7.17. The zero-order chi connectivity index (χ0) is 16.1. The number of hydrogen-bond acceptors (Lipinski definition) is 4. The maximum Gasteiger partial charge on any atom is 0.262 e. The molecule has 0 aliphatic rings. The van der Waals surface area contributed by atoms with Gasteiger partial charge in [-0.15, -0.1) is 5.10 Å². The van der Waals surface area contributed by atoms with Gasteiger partial charge in [0, 0.05) is 18.0 Å². The van der Waals surface area contributed by atoms with Gasteiger partial charge in [-0.1, -0.05) is 18.2 Å². The Hall–Kier alpha value is -3.15. The van der Waals surface area contributed by atoms with Gasteiger partial charge in [0.05, 0.1) is 17.6 Å². The number of amides is 1. The first-order valence-electron chi connectivity index (χ1n) is 7.17. The van der Waals surface area contributed by atoms with E-state index in [1.807, 2.05) is 43.5 Å². The average molecular weight is 308 g/mol. The molecule has 0 spiro atoms.